The van der Waals surface area contributed by atoms with Crippen molar-refractivity contribution >= 4 is 29.3 Å². The first-order valence-electron chi connectivity index (χ1n) is 10.2. The fraction of sp³-hybridized carbons (Fsp3) is 0.684. The zero-order valence-electron chi connectivity index (χ0n) is 17.5. The predicted molar refractivity (Wildman–Crippen MR) is 109 cm³/mol. The minimum absolute atomic E-state index is 0.165. The molecule has 1 aromatic heterocycles. The minimum atomic E-state index is -0.480. The van der Waals surface area contributed by atoms with Crippen molar-refractivity contribution in [2.24, 2.45) is 5.92 Å². The van der Waals surface area contributed by atoms with Gasteiger partial charge in [-0.3, -0.25) is 19.7 Å². The Balaban J connectivity index is 1.95. The molecule has 0 aromatic carbocycles. The Morgan fingerprint density at radius 2 is 2.00 bits per heavy atom. The van der Waals surface area contributed by atoms with Crippen molar-refractivity contribution < 1.29 is 24.0 Å². The van der Waals surface area contributed by atoms with Crippen molar-refractivity contribution in [2.75, 3.05) is 43.6 Å². The van der Waals surface area contributed by atoms with E-state index in [1.54, 1.807) is 6.92 Å². The Morgan fingerprint density at radius 1 is 1.27 bits per heavy atom. The monoisotopic (exact) mass is 423 g/mol. The van der Waals surface area contributed by atoms with Gasteiger partial charge < -0.3 is 19.7 Å². The third kappa shape index (κ3) is 6.53. The van der Waals surface area contributed by atoms with Crippen LogP contribution in [0.15, 0.2) is 6.33 Å². The highest BCUT2D eigenvalue weighted by Crippen LogP contribution is 2.34. The molecule has 2 rings (SSSR count). The van der Waals surface area contributed by atoms with Crippen LogP contribution in [0.1, 0.15) is 45.4 Å². The lowest BCUT2D eigenvalue weighted by Gasteiger charge is -2.31. The van der Waals surface area contributed by atoms with E-state index < -0.39 is 4.92 Å². The number of carbonyl (C=O) groups is 2. The summed E-state index contributed by atoms with van der Waals surface area (Å²) in [6.07, 6.45) is 5.00. The number of unbranched alkanes of at least 4 members (excludes halogenated alkanes) is 2. The van der Waals surface area contributed by atoms with Gasteiger partial charge in [0.05, 0.1) is 24.6 Å². The van der Waals surface area contributed by atoms with Crippen LogP contribution >= 0.6 is 0 Å². The van der Waals surface area contributed by atoms with Crippen molar-refractivity contribution in [3.05, 3.63) is 16.4 Å². The molecule has 1 saturated heterocycles. The molecule has 1 aromatic rings. The summed E-state index contributed by atoms with van der Waals surface area (Å²) in [7, 11) is 1.36. The quantitative estimate of drug-likeness (QED) is 0.244. The summed E-state index contributed by atoms with van der Waals surface area (Å²) in [4.78, 5) is 44.3. The van der Waals surface area contributed by atoms with Crippen LogP contribution in [-0.2, 0) is 19.1 Å². The SMILES string of the molecule is CCOC(=O)C1CCN(c2ncnc(NCCCCCC(=O)OC)c2[N+](=O)[O-])CC1. The summed E-state index contributed by atoms with van der Waals surface area (Å²) in [6.45, 7) is 3.56. The average molecular weight is 423 g/mol. The maximum absolute atomic E-state index is 11.9. The summed E-state index contributed by atoms with van der Waals surface area (Å²) in [5.41, 5.74) is -0.165. The molecule has 0 atom stereocenters. The van der Waals surface area contributed by atoms with E-state index >= 15 is 0 Å². The Morgan fingerprint density at radius 3 is 2.63 bits per heavy atom. The van der Waals surface area contributed by atoms with Crippen molar-refractivity contribution in [2.45, 2.75) is 45.4 Å². The molecule has 0 aliphatic carbocycles. The fourth-order valence-electron chi connectivity index (χ4n) is 3.37. The minimum Gasteiger partial charge on any atom is -0.469 e. The number of methoxy groups -OCH3 is 1. The normalized spacial score (nSPS) is 14.3. The van der Waals surface area contributed by atoms with Crippen LogP contribution in [0.5, 0.6) is 0 Å². The van der Waals surface area contributed by atoms with Gasteiger partial charge in [-0.05, 0) is 32.6 Å². The maximum Gasteiger partial charge on any atom is 0.353 e. The van der Waals surface area contributed by atoms with E-state index in [4.69, 9.17) is 4.74 Å². The second-order valence-corrected chi connectivity index (χ2v) is 6.98. The third-order valence-corrected chi connectivity index (χ3v) is 4.98. The summed E-state index contributed by atoms with van der Waals surface area (Å²) < 4.78 is 9.66. The molecule has 0 bridgehead atoms. The Kier molecular flexibility index (Phi) is 9.23. The van der Waals surface area contributed by atoms with Crippen molar-refractivity contribution in [3.8, 4) is 0 Å². The predicted octanol–water partition coefficient (Wildman–Crippen LogP) is 2.31. The van der Waals surface area contributed by atoms with Gasteiger partial charge >= 0.3 is 17.6 Å². The van der Waals surface area contributed by atoms with Gasteiger partial charge in [0, 0.05) is 26.1 Å². The van der Waals surface area contributed by atoms with E-state index in [9.17, 15) is 19.7 Å². The molecule has 1 fully saturated rings. The van der Waals surface area contributed by atoms with Gasteiger partial charge in [-0.1, -0.05) is 6.42 Å². The van der Waals surface area contributed by atoms with Crippen LogP contribution in [0.2, 0.25) is 0 Å². The second kappa shape index (κ2) is 11.9. The molecule has 1 aliphatic rings. The molecule has 0 spiro atoms. The number of hydrogen-bond acceptors (Lipinski definition) is 10. The average Bonchev–Trinajstić information content (AvgIpc) is 2.75. The number of esters is 2. The molecular formula is C19H29N5O6. The topological polar surface area (TPSA) is 137 Å². The molecule has 11 nitrogen and oxygen atoms in total. The third-order valence-electron chi connectivity index (χ3n) is 4.98. The van der Waals surface area contributed by atoms with Gasteiger partial charge in [-0.15, -0.1) is 0 Å². The van der Waals surface area contributed by atoms with E-state index in [-0.39, 0.29) is 35.2 Å². The lowest BCUT2D eigenvalue weighted by atomic mass is 9.97. The van der Waals surface area contributed by atoms with Crippen LogP contribution in [0.25, 0.3) is 0 Å². The largest absolute Gasteiger partial charge is 0.469 e. The van der Waals surface area contributed by atoms with E-state index in [0.717, 1.165) is 12.8 Å². The molecule has 0 amide bonds. The number of hydrogen-bond donors (Lipinski definition) is 1. The summed E-state index contributed by atoms with van der Waals surface area (Å²) in [6, 6.07) is 0. The number of nitrogens with zero attached hydrogens (tertiary/aromatic N) is 4. The van der Waals surface area contributed by atoms with E-state index in [0.29, 0.717) is 51.9 Å². The first-order valence-corrected chi connectivity index (χ1v) is 10.2. The van der Waals surface area contributed by atoms with Crippen molar-refractivity contribution in [1.29, 1.82) is 0 Å². The summed E-state index contributed by atoms with van der Waals surface area (Å²) in [5, 5.41) is 14.7. The molecule has 166 valence electrons. The number of ether oxygens (including phenoxy) is 2. The molecule has 30 heavy (non-hydrogen) atoms. The highest BCUT2D eigenvalue weighted by atomic mass is 16.6. The highest BCUT2D eigenvalue weighted by molar-refractivity contribution is 5.74. The van der Waals surface area contributed by atoms with Crippen LogP contribution in [-0.4, -0.2) is 60.2 Å². The zero-order chi connectivity index (χ0) is 21.9. The van der Waals surface area contributed by atoms with Crippen LogP contribution in [0, 0.1) is 16.0 Å². The molecule has 0 saturated carbocycles. The summed E-state index contributed by atoms with van der Waals surface area (Å²) in [5.74, 6) is -0.227. The molecule has 0 radical (unpaired) electrons. The number of anilines is 2. The Labute approximate surface area is 175 Å². The Hall–Kier alpha value is -2.98. The van der Waals surface area contributed by atoms with E-state index in [2.05, 4.69) is 20.0 Å². The smallest absolute Gasteiger partial charge is 0.353 e. The number of carbonyl (C=O) groups excluding carboxylic acids is 2. The highest BCUT2D eigenvalue weighted by Gasteiger charge is 2.32. The molecule has 1 aliphatic heterocycles. The van der Waals surface area contributed by atoms with Crippen LogP contribution in [0.3, 0.4) is 0 Å². The number of rotatable bonds is 11. The number of nitrogens with one attached hydrogen (secondary N) is 1. The number of nitro groups is 1. The Bertz CT molecular complexity index is 736. The lowest BCUT2D eigenvalue weighted by molar-refractivity contribution is -0.383. The van der Waals surface area contributed by atoms with Crippen molar-refractivity contribution in [1.82, 2.24) is 9.97 Å². The zero-order valence-corrected chi connectivity index (χ0v) is 17.5. The van der Waals surface area contributed by atoms with Gasteiger partial charge in [-0.25, -0.2) is 9.97 Å². The molecule has 11 heteroatoms. The van der Waals surface area contributed by atoms with Crippen molar-refractivity contribution in [3.63, 3.8) is 0 Å². The first-order chi connectivity index (χ1) is 14.5. The van der Waals surface area contributed by atoms with Gasteiger partial charge in [0.25, 0.3) is 0 Å². The van der Waals surface area contributed by atoms with Crippen LogP contribution < -0.4 is 10.2 Å². The van der Waals surface area contributed by atoms with E-state index in [1.165, 1.54) is 13.4 Å². The first kappa shape index (κ1) is 23.3. The van der Waals surface area contributed by atoms with Gasteiger partial charge in [-0.2, -0.15) is 0 Å². The second-order valence-electron chi connectivity index (χ2n) is 6.98. The van der Waals surface area contributed by atoms with E-state index in [1.807, 2.05) is 4.90 Å². The lowest BCUT2D eigenvalue weighted by Crippen LogP contribution is -2.37. The van der Waals surface area contributed by atoms with Gasteiger partial charge in [0.2, 0.25) is 11.6 Å². The molecular weight excluding hydrogens is 394 g/mol. The number of piperidine rings is 1. The van der Waals surface area contributed by atoms with Gasteiger partial charge in [0.15, 0.2) is 0 Å². The number of aromatic nitrogens is 2. The maximum atomic E-state index is 11.9. The fourth-order valence-corrected chi connectivity index (χ4v) is 3.37. The standard InChI is InChI=1S/C19H29N5O6/c1-3-30-19(26)14-8-11-23(12-9-14)18-16(24(27)28)17(21-13-22-18)20-10-6-4-5-7-15(25)29-2/h13-14H,3-12H2,1-2H3,(H,20,21,22). The molecule has 0 unspecified atom stereocenters. The van der Waals surface area contributed by atoms with Crippen LogP contribution in [0.4, 0.5) is 17.3 Å². The molecule has 2 heterocycles. The molecule has 1 N–H and O–H groups in total. The van der Waals surface area contributed by atoms with Gasteiger partial charge in [0.1, 0.15) is 6.33 Å². The summed E-state index contributed by atoms with van der Waals surface area (Å²) >= 11 is 0.